The predicted octanol–water partition coefficient (Wildman–Crippen LogP) is 1.67. The van der Waals surface area contributed by atoms with Crippen molar-refractivity contribution >= 4 is 11.6 Å². The molecule has 0 aliphatic carbocycles. The summed E-state index contributed by atoms with van der Waals surface area (Å²) in [7, 11) is 0. The van der Waals surface area contributed by atoms with Crippen molar-refractivity contribution < 1.29 is 9.18 Å². The first-order chi connectivity index (χ1) is 9.11. The Bertz CT molecular complexity index is 458. The summed E-state index contributed by atoms with van der Waals surface area (Å²) in [6.07, 6.45) is 2.97. The molecule has 0 spiro atoms. The minimum absolute atomic E-state index is 0.0106. The molecule has 5 heteroatoms. The minimum atomic E-state index is -0.541. The van der Waals surface area contributed by atoms with E-state index in [0.717, 1.165) is 25.8 Å². The van der Waals surface area contributed by atoms with Crippen LogP contribution >= 0.6 is 0 Å². The molecule has 1 aromatic rings. The number of nitrogens with two attached hydrogens (primary N) is 1. The van der Waals surface area contributed by atoms with E-state index in [9.17, 15) is 9.18 Å². The number of benzene rings is 1. The Morgan fingerprint density at radius 2 is 2.42 bits per heavy atom. The second-order valence-corrected chi connectivity index (χ2v) is 4.93. The molecule has 1 amide bonds. The summed E-state index contributed by atoms with van der Waals surface area (Å²) in [5, 5.41) is 6.25. The summed E-state index contributed by atoms with van der Waals surface area (Å²) in [5.74, 6) is -0.939. The number of anilines is 1. The predicted molar refractivity (Wildman–Crippen MR) is 73.4 cm³/mol. The van der Waals surface area contributed by atoms with Gasteiger partial charge in [0.2, 0.25) is 0 Å². The summed E-state index contributed by atoms with van der Waals surface area (Å²) >= 11 is 0. The maximum absolute atomic E-state index is 13.6. The maximum Gasteiger partial charge on any atom is 0.254 e. The fourth-order valence-corrected chi connectivity index (χ4v) is 2.51. The summed E-state index contributed by atoms with van der Waals surface area (Å²) in [4.78, 5) is 12.1. The lowest BCUT2D eigenvalue weighted by atomic mass is 10.0. The number of nitrogen functional groups attached to an aromatic ring is 1. The molecule has 1 aliphatic rings. The average Bonchev–Trinajstić information content (AvgIpc) is 2.92. The topological polar surface area (TPSA) is 67.2 Å². The van der Waals surface area contributed by atoms with Crippen LogP contribution in [0.4, 0.5) is 10.1 Å². The third-order valence-corrected chi connectivity index (χ3v) is 3.58. The molecule has 4 nitrogen and oxygen atoms in total. The van der Waals surface area contributed by atoms with Crippen molar-refractivity contribution in [2.75, 3.05) is 12.3 Å². The number of amides is 1. The fraction of sp³-hybridized carbons (Fsp3) is 0.500. The van der Waals surface area contributed by atoms with Crippen molar-refractivity contribution in [3.05, 3.63) is 29.6 Å². The van der Waals surface area contributed by atoms with Crippen LogP contribution in [0.2, 0.25) is 0 Å². The number of carbonyl (C=O) groups is 1. The molecular weight excluding hydrogens is 245 g/mol. The molecule has 4 N–H and O–H groups in total. The van der Waals surface area contributed by atoms with Crippen LogP contribution in [0.3, 0.4) is 0 Å². The van der Waals surface area contributed by atoms with Crippen LogP contribution in [0, 0.1) is 5.82 Å². The molecule has 2 unspecified atom stereocenters. The molecule has 0 bridgehead atoms. The van der Waals surface area contributed by atoms with E-state index in [2.05, 4.69) is 10.6 Å². The lowest BCUT2D eigenvalue weighted by Crippen LogP contribution is -2.47. The second-order valence-electron chi connectivity index (χ2n) is 4.93. The highest BCUT2D eigenvalue weighted by Gasteiger charge is 2.25. The van der Waals surface area contributed by atoms with Crippen LogP contribution in [0.5, 0.6) is 0 Å². The van der Waals surface area contributed by atoms with Gasteiger partial charge in [0.15, 0.2) is 0 Å². The zero-order valence-electron chi connectivity index (χ0n) is 11.1. The fourth-order valence-electron chi connectivity index (χ4n) is 2.51. The molecular formula is C14H20FN3O. The van der Waals surface area contributed by atoms with Crippen molar-refractivity contribution in [1.82, 2.24) is 10.6 Å². The van der Waals surface area contributed by atoms with E-state index >= 15 is 0 Å². The highest BCUT2D eigenvalue weighted by molar-refractivity contribution is 5.95. The van der Waals surface area contributed by atoms with Gasteiger partial charge in [-0.25, -0.2) is 4.39 Å². The van der Waals surface area contributed by atoms with Gasteiger partial charge in [-0.05, 0) is 44.0 Å². The van der Waals surface area contributed by atoms with Crippen LogP contribution in [0.25, 0.3) is 0 Å². The van der Waals surface area contributed by atoms with E-state index in [1.54, 1.807) is 0 Å². The van der Waals surface area contributed by atoms with Crippen molar-refractivity contribution in [3.63, 3.8) is 0 Å². The van der Waals surface area contributed by atoms with Gasteiger partial charge in [0.05, 0.1) is 5.56 Å². The Labute approximate surface area is 112 Å². The van der Waals surface area contributed by atoms with Crippen LogP contribution in [0.15, 0.2) is 18.2 Å². The Hall–Kier alpha value is -1.62. The molecule has 0 aromatic heterocycles. The number of rotatable bonds is 4. The molecule has 2 atom stereocenters. The van der Waals surface area contributed by atoms with E-state index in [0.29, 0.717) is 5.69 Å². The van der Waals surface area contributed by atoms with Gasteiger partial charge in [0, 0.05) is 17.8 Å². The molecule has 0 radical (unpaired) electrons. The van der Waals surface area contributed by atoms with E-state index < -0.39 is 11.7 Å². The van der Waals surface area contributed by atoms with E-state index in [1.807, 2.05) is 6.92 Å². The zero-order chi connectivity index (χ0) is 13.8. The molecule has 2 rings (SSSR count). The van der Waals surface area contributed by atoms with Gasteiger partial charge in [-0.1, -0.05) is 6.92 Å². The first-order valence-electron chi connectivity index (χ1n) is 6.71. The summed E-state index contributed by atoms with van der Waals surface area (Å²) in [5.41, 5.74) is 5.99. The minimum Gasteiger partial charge on any atom is -0.399 e. The quantitative estimate of drug-likeness (QED) is 0.725. The van der Waals surface area contributed by atoms with Crippen molar-refractivity contribution in [1.29, 1.82) is 0 Å². The summed E-state index contributed by atoms with van der Waals surface area (Å²) in [6.45, 7) is 2.99. The third-order valence-electron chi connectivity index (χ3n) is 3.58. The van der Waals surface area contributed by atoms with Crippen molar-refractivity contribution in [2.24, 2.45) is 0 Å². The van der Waals surface area contributed by atoms with Gasteiger partial charge in [-0.2, -0.15) is 0 Å². The Balaban J connectivity index is 2.08. The molecule has 1 saturated heterocycles. The summed E-state index contributed by atoms with van der Waals surface area (Å²) in [6, 6.07) is 4.34. The van der Waals surface area contributed by atoms with Gasteiger partial charge in [-0.15, -0.1) is 0 Å². The Kier molecular flexibility index (Phi) is 4.37. The molecule has 1 fully saturated rings. The van der Waals surface area contributed by atoms with Crippen LogP contribution in [0.1, 0.15) is 36.5 Å². The maximum atomic E-state index is 13.6. The van der Waals surface area contributed by atoms with E-state index in [4.69, 9.17) is 5.73 Å². The zero-order valence-corrected chi connectivity index (χ0v) is 11.1. The van der Waals surface area contributed by atoms with Crippen molar-refractivity contribution in [2.45, 2.75) is 38.3 Å². The summed E-state index contributed by atoms with van der Waals surface area (Å²) < 4.78 is 13.6. The molecule has 1 heterocycles. The highest BCUT2D eigenvalue weighted by atomic mass is 19.1. The highest BCUT2D eigenvalue weighted by Crippen LogP contribution is 2.15. The SMILES string of the molecule is CCC(NC(=O)c1cc(N)ccc1F)C1CCCN1. The van der Waals surface area contributed by atoms with Gasteiger partial charge < -0.3 is 16.4 Å². The largest absolute Gasteiger partial charge is 0.399 e. The van der Waals surface area contributed by atoms with Crippen molar-refractivity contribution in [3.8, 4) is 0 Å². The van der Waals surface area contributed by atoms with Crippen LogP contribution < -0.4 is 16.4 Å². The Morgan fingerprint density at radius 1 is 1.63 bits per heavy atom. The van der Waals surface area contributed by atoms with Crippen LogP contribution in [-0.2, 0) is 0 Å². The van der Waals surface area contributed by atoms with E-state index in [-0.39, 0.29) is 17.6 Å². The normalized spacial score (nSPS) is 20.2. The van der Waals surface area contributed by atoms with Gasteiger partial charge in [0.1, 0.15) is 5.82 Å². The number of hydrogen-bond acceptors (Lipinski definition) is 3. The lowest BCUT2D eigenvalue weighted by Gasteiger charge is -2.23. The lowest BCUT2D eigenvalue weighted by molar-refractivity contribution is 0.0923. The van der Waals surface area contributed by atoms with Gasteiger partial charge in [-0.3, -0.25) is 4.79 Å². The standard InChI is InChI=1S/C14H20FN3O/c1-2-12(13-4-3-7-17-13)18-14(19)10-8-9(16)5-6-11(10)15/h5-6,8,12-13,17H,2-4,7,16H2,1H3,(H,18,19). The molecule has 0 saturated carbocycles. The number of hydrogen-bond donors (Lipinski definition) is 3. The van der Waals surface area contributed by atoms with E-state index in [1.165, 1.54) is 18.2 Å². The number of carbonyl (C=O) groups excluding carboxylic acids is 1. The molecule has 104 valence electrons. The Morgan fingerprint density at radius 3 is 3.05 bits per heavy atom. The first kappa shape index (κ1) is 13.8. The third kappa shape index (κ3) is 3.23. The number of halogens is 1. The molecule has 1 aromatic carbocycles. The van der Waals surface area contributed by atoms with Gasteiger partial charge in [0.25, 0.3) is 5.91 Å². The number of nitrogens with one attached hydrogen (secondary N) is 2. The average molecular weight is 265 g/mol. The first-order valence-corrected chi connectivity index (χ1v) is 6.71. The smallest absolute Gasteiger partial charge is 0.254 e. The monoisotopic (exact) mass is 265 g/mol. The molecule has 1 aliphatic heterocycles. The molecule has 19 heavy (non-hydrogen) atoms. The van der Waals surface area contributed by atoms with Gasteiger partial charge >= 0.3 is 0 Å². The second kappa shape index (κ2) is 6.02. The van der Waals surface area contributed by atoms with Crippen LogP contribution in [-0.4, -0.2) is 24.5 Å².